The molecule has 0 amide bonds. The minimum Gasteiger partial charge on any atom is -0.382 e. The summed E-state index contributed by atoms with van der Waals surface area (Å²) in [6.45, 7) is 6.67. The lowest BCUT2D eigenvalue weighted by molar-refractivity contribution is -0.137. The molecule has 0 bridgehead atoms. The van der Waals surface area contributed by atoms with Crippen LogP contribution in [-0.2, 0) is 6.18 Å². The zero-order valence-corrected chi connectivity index (χ0v) is 7.18. The quantitative estimate of drug-likeness (QED) is 0.708. The summed E-state index contributed by atoms with van der Waals surface area (Å²) in [7, 11) is 1.49. The van der Waals surface area contributed by atoms with Gasteiger partial charge in [0.05, 0.1) is 12.1 Å². The smallest absolute Gasteiger partial charge is 0.382 e. The van der Waals surface area contributed by atoms with Gasteiger partial charge in [-0.3, -0.25) is 4.98 Å². The van der Waals surface area contributed by atoms with Crippen LogP contribution in [-0.4, -0.2) is 12.0 Å². The Morgan fingerprint density at radius 2 is 2.14 bits per heavy atom. The van der Waals surface area contributed by atoms with Crippen LogP contribution < -0.4 is 5.32 Å². The van der Waals surface area contributed by atoms with Crippen molar-refractivity contribution in [1.29, 1.82) is 0 Å². The van der Waals surface area contributed by atoms with Crippen LogP contribution in [0.1, 0.15) is 5.56 Å². The largest absolute Gasteiger partial charge is 0.416 e. The fourth-order valence-electron chi connectivity index (χ4n) is 0.886. The van der Waals surface area contributed by atoms with E-state index in [-0.39, 0.29) is 11.5 Å². The molecule has 0 aromatic carbocycles. The number of pyridine rings is 1. The molecule has 1 rings (SSSR count). The molecule has 14 heavy (non-hydrogen) atoms. The van der Waals surface area contributed by atoms with E-state index >= 15 is 0 Å². The molecule has 0 aliphatic carbocycles. The van der Waals surface area contributed by atoms with Gasteiger partial charge in [-0.2, -0.15) is 13.2 Å². The first kappa shape index (κ1) is 10.3. The molecule has 1 heterocycles. The van der Waals surface area contributed by atoms with Crippen LogP contribution >= 0.6 is 0 Å². The van der Waals surface area contributed by atoms with Gasteiger partial charge in [-0.15, -0.1) is 0 Å². The van der Waals surface area contributed by atoms with Gasteiger partial charge in [-0.1, -0.05) is 0 Å². The molecule has 3 nitrogen and oxygen atoms in total. The first-order chi connectivity index (χ1) is 6.49. The second-order valence-corrected chi connectivity index (χ2v) is 2.45. The minimum atomic E-state index is -4.46. The van der Waals surface area contributed by atoms with E-state index in [1.807, 2.05) is 0 Å². The maximum Gasteiger partial charge on any atom is 0.416 e. The molecule has 0 spiro atoms. The molecule has 0 fully saturated rings. The van der Waals surface area contributed by atoms with Crippen LogP contribution in [0.15, 0.2) is 12.3 Å². The number of hydrogen-bond acceptors (Lipinski definition) is 2. The predicted octanol–water partition coefficient (Wildman–Crippen LogP) is 2.69. The van der Waals surface area contributed by atoms with Gasteiger partial charge in [0, 0.05) is 13.2 Å². The first-order valence-electron chi connectivity index (χ1n) is 3.61. The van der Waals surface area contributed by atoms with E-state index in [0.29, 0.717) is 6.20 Å². The van der Waals surface area contributed by atoms with Crippen molar-refractivity contribution in [3.63, 3.8) is 0 Å². The second kappa shape index (κ2) is 3.54. The summed E-state index contributed by atoms with van der Waals surface area (Å²) in [5, 5.41) is 2.53. The summed E-state index contributed by atoms with van der Waals surface area (Å²) < 4.78 is 36.5. The summed E-state index contributed by atoms with van der Waals surface area (Å²) >= 11 is 0. The van der Waals surface area contributed by atoms with Crippen LogP contribution in [0.4, 0.5) is 24.7 Å². The molecule has 1 aromatic heterocycles. The normalized spacial score (nSPS) is 10.8. The Hall–Kier alpha value is -1.77. The molecule has 0 atom stereocenters. The van der Waals surface area contributed by atoms with Crippen molar-refractivity contribution in [1.82, 2.24) is 4.98 Å². The molecule has 1 N–H and O–H groups in total. The molecular formula is C8H6F3N3. The van der Waals surface area contributed by atoms with E-state index in [9.17, 15) is 13.2 Å². The lowest BCUT2D eigenvalue weighted by atomic mass is 10.2. The van der Waals surface area contributed by atoms with Gasteiger partial charge in [0.1, 0.15) is 5.82 Å². The molecule has 0 saturated carbocycles. The molecule has 0 unspecified atom stereocenters. The fourth-order valence-corrected chi connectivity index (χ4v) is 0.886. The van der Waals surface area contributed by atoms with Gasteiger partial charge >= 0.3 is 6.18 Å². The third-order valence-electron chi connectivity index (χ3n) is 1.55. The summed E-state index contributed by atoms with van der Waals surface area (Å²) in [4.78, 5) is 6.43. The highest BCUT2D eigenvalue weighted by atomic mass is 19.4. The maximum absolute atomic E-state index is 12.2. The van der Waals surface area contributed by atoms with Crippen LogP contribution in [0, 0.1) is 6.57 Å². The Kier molecular flexibility index (Phi) is 2.60. The van der Waals surface area contributed by atoms with Gasteiger partial charge in [-0.25, -0.2) is 4.85 Å². The molecule has 6 heteroatoms. The Balaban J connectivity index is 3.23. The first-order valence-corrected chi connectivity index (χ1v) is 3.61. The number of halogens is 3. The number of nitrogens with one attached hydrogen (secondary N) is 1. The highest BCUT2D eigenvalue weighted by molar-refractivity contribution is 5.65. The van der Waals surface area contributed by atoms with Gasteiger partial charge < -0.3 is 5.32 Å². The lowest BCUT2D eigenvalue weighted by Gasteiger charge is -2.08. The standard InChI is InChI=1S/C8H6F3N3/c1-12-6-3-5(8(9,10)11)4-14-7(6)13-2/h3-4H,2H3,(H,13,14). The van der Waals surface area contributed by atoms with Crippen LogP contribution in [0.3, 0.4) is 0 Å². The number of rotatable bonds is 1. The number of nitrogens with zero attached hydrogens (tertiary/aromatic N) is 2. The minimum absolute atomic E-state index is 0.137. The SMILES string of the molecule is [C-]#[N+]c1cc(C(F)(F)F)cnc1NC. The van der Waals surface area contributed by atoms with E-state index in [1.165, 1.54) is 7.05 Å². The topological polar surface area (TPSA) is 29.3 Å². The number of aromatic nitrogens is 1. The Bertz CT molecular complexity index is 378. The highest BCUT2D eigenvalue weighted by Crippen LogP contribution is 2.33. The molecule has 74 valence electrons. The Morgan fingerprint density at radius 1 is 1.50 bits per heavy atom. The molecule has 0 radical (unpaired) electrons. The van der Waals surface area contributed by atoms with E-state index in [4.69, 9.17) is 6.57 Å². The molecule has 0 aliphatic heterocycles. The Morgan fingerprint density at radius 3 is 2.57 bits per heavy atom. The van der Waals surface area contributed by atoms with Crippen molar-refractivity contribution in [2.24, 2.45) is 0 Å². The van der Waals surface area contributed by atoms with Crippen molar-refractivity contribution in [3.05, 3.63) is 29.2 Å². The van der Waals surface area contributed by atoms with Crippen molar-refractivity contribution >= 4 is 11.5 Å². The summed E-state index contributed by atoms with van der Waals surface area (Å²) in [5.41, 5.74) is -1.05. The van der Waals surface area contributed by atoms with Crippen molar-refractivity contribution < 1.29 is 13.2 Å². The van der Waals surface area contributed by atoms with E-state index < -0.39 is 11.7 Å². The van der Waals surface area contributed by atoms with E-state index in [1.54, 1.807) is 0 Å². The number of anilines is 1. The molecule has 0 aliphatic rings. The van der Waals surface area contributed by atoms with Crippen LogP contribution in [0.5, 0.6) is 0 Å². The third-order valence-corrected chi connectivity index (χ3v) is 1.55. The monoisotopic (exact) mass is 201 g/mol. The summed E-state index contributed by atoms with van der Waals surface area (Å²) in [6.07, 6.45) is -3.76. The number of hydrogen-bond donors (Lipinski definition) is 1. The summed E-state index contributed by atoms with van der Waals surface area (Å²) in [5.74, 6) is 0.146. The van der Waals surface area contributed by atoms with Crippen molar-refractivity contribution in [2.75, 3.05) is 12.4 Å². The van der Waals surface area contributed by atoms with Crippen molar-refractivity contribution in [2.45, 2.75) is 6.18 Å². The predicted molar refractivity (Wildman–Crippen MR) is 45.0 cm³/mol. The third kappa shape index (κ3) is 1.93. The van der Waals surface area contributed by atoms with Crippen LogP contribution in [0.2, 0.25) is 0 Å². The maximum atomic E-state index is 12.2. The average Bonchev–Trinajstić information content (AvgIpc) is 2.15. The molecule has 1 aromatic rings. The van der Waals surface area contributed by atoms with Crippen molar-refractivity contribution in [3.8, 4) is 0 Å². The highest BCUT2D eigenvalue weighted by Gasteiger charge is 2.31. The zero-order chi connectivity index (χ0) is 10.8. The van der Waals surface area contributed by atoms with Gasteiger partial charge in [0.2, 0.25) is 5.69 Å². The fraction of sp³-hybridized carbons (Fsp3) is 0.250. The Labute approximate surface area is 78.4 Å². The van der Waals surface area contributed by atoms with E-state index in [2.05, 4.69) is 15.1 Å². The van der Waals surface area contributed by atoms with Crippen LogP contribution in [0.25, 0.3) is 4.85 Å². The average molecular weight is 201 g/mol. The van der Waals surface area contributed by atoms with E-state index in [0.717, 1.165) is 6.07 Å². The van der Waals surface area contributed by atoms with Gasteiger partial charge in [-0.05, 0) is 6.07 Å². The van der Waals surface area contributed by atoms with Gasteiger partial charge in [0.15, 0.2) is 0 Å². The lowest BCUT2D eigenvalue weighted by Crippen LogP contribution is -2.06. The zero-order valence-electron chi connectivity index (χ0n) is 7.18. The second-order valence-electron chi connectivity index (χ2n) is 2.45. The number of alkyl halides is 3. The molecule has 0 saturated heterocycles. The molecular weight excluding hydrogens is 195 g/mol. The van der Waals surface area contributed by atoms with Gasteiger partial charge in [0.25, 0.3) is 0 Å². The summed E-state index contributed by atoms with van der Waals surface area (Å²) in [6, 6.07) is 0.770.